The SMILES string of the molecule is CN(C)c1cc2c(cc1F)c(=O)c(-c1noc(C(C)(C)c3ccccc3)n1)cn2CC(C)(C)c1ccc(C(F)(F)F)cc1. The summed E-state index contributed by atoms with van der Waals surface area (Å²) in [6, 6.07) is 17.4. The average molecular weight is 593 g/mol. The first kappa shape index (κ1) is 30.0. The Balaban J connectivity index is 1.65. The van der Waals surface area contributed by atoms with Crippen molar-refractivity contribution in [1.29, 1.82) is 0 Å². The highest BCUT2D eigenvalue weighted by molar-refractivity contribution is 5.86. The van der Waals surface area contributed by atoms with Gasteiger partial charge in [-0.2, -0.15) is 18.2 Å². The zero-order valence-electron chi connectivity index (χ0n) is 24.8. The fourth-order valence-electron chi connectivity index (χ4n) is 5.22. The van der Waals surface area contributed by atoms with Crippen LogP contribution in [-0.2, 0) is 23.6 Å². The molecular formula is C33H32F4N4O2. The highest BCUT2D eigenvalue weighted by Gasteiger charge is 2.33. The van der Waals surface area contributed by atoms with Crippen molar-refractivity contribution in [3.8, 4) is 11.4 Å². The first-order valence-corrected chi connectivity index (χ1v) is 13.7. The Hall–Kier alpha value is -4.47. The molecule has 0 radical (unpaired) electrons. The van der Waals surface area contributed by atoms with E-state index in [1.165, 1.54) is 18.2 Å². The van der Waals surface area contributed by atoms with Crippen LogP contribution in [0.3, 0.4) is 0 Å². The number of alkyl halides is 3. The fourth-order valence-corrected chi connectivity index (χ4v) is 5.22. The summed E-state index contributed by atoms with van der Waals surface area (Å²) in [5.41, 5.74) is -0.0693. The molecular weight excluding hydrogens is 560 g/mol. The topological polar surface area (TPSA) is 64.2 Å². The molecule has 0 unspecified atom stereocenters. The molecule has 0 spiro atoms. The molecule has 5 rings (SSSR count). The number of rotatable bonds is 7. The van der Waals surface area contributed by atoms with Crippen LogP contribution in [-0.4, -0.2) is 28.8 Å². The van der Waals surface area contributed by atoms with Gasteiger partial charge < -0.3 is 14.0 Å². The summed E-state index contributed by atoms with van der Waals surface area (Å²) in [4.78, 5) is 20.0. The summed E-state index contributed by atoms with van der Waals surface area (Å²) in [6.45, 7) is 7.90. The molecule has 0 saturated carbocycles. The van der Waals surface area contributed by atoms with Gasteiger partial charge in [0.1, 0.15) is 5.82 Å². The number of hydrogen-bond donors (Lipinski definition) is 0. The van der Waals surface area contributed by atoms with Crippen LogP contribution in [0, 0.1) is 5.82 Å². The minimum absolute atomic E-state index is 0.0593. The van der Waals surface area contributed by atoms with Crippen LogP contribution in [0.5, 0.6) is 0 Å². The Morgan fingerprint density at radius 1 is 0.884 bits per heavy atom. The van der Waals surface area contributed by atoms with Gasteiger partial charge in [-0.15, -0.1) is 0 Å². The highest BCUT2D eigenvalue weighted by Crippen LogP contribution is 2.35. The van der Waals surface area contributed by atoms with E-state index in [9.17, 15) is 18.0 Å². The quantitative estimate of drug-likeness (QED) is 0.182. The van der Waals surface area contributed by atoms with E-state index in [4.69, 9.17) is 4.52 Å². The molecule has 0 fully saturated rings. The van der Waals surface area contributed by atoms with Crippen LogP contribution < -0.4 is 10.3 Å². The molecule has 5 aromatic rings. The van der Waals surface area contributed by atoms with Gasteiger partial charge in [0.25, 0.3) is 0 Å². The Morgan fingerprint density at radius 2 is 1.51 bits per heavy atom. The molecule has 0 amide bonds. The van der Waals surface area contributed by atoms with Crippen molar-refractivity contribution in [3.63, 3.8) is 0 Å². The van der Waals surface area contributed by atoms with Gasteiger partial charge in [-0.1, -0.05) is 61.5 Å². The Kier molecular flexibility index (Phi) is 7.44. The third-order valence-corrected chi connectivity index (χ3v) is 7.89. The molecule has 224 valence electrons. The Bertz CT molecular complexity index is 1840. The number of nitrogens with zero attached hydrogens (tertiary/aromatic N) is 4. The van der Waals surface area contributed by atoms with Crippen molar-refractivity contribution in [3.05, 3.63) is 112 Å². The number of halogens is 4. The van der Waals surface area contributed by atoms with E-state index in [-0.39, 0.29) is 29.0 Å². The Morgan fingerprint density at radius 3 is 2.12 bits per heavy atom. The Labute approximate surface area is 246 Å². The summed E-state index contributed by atoms with van der Waals surface area (Å²) >= 11 is 0. The van der Waals surface area contributed by atoms with Gasteiger partial charge in [0.15, 0.2) is 0 Å². The van der Waals surface area contributed by atoms with Crippen LogP contribution in [0.1, 0.15) is 50.3 Å². The molecule has 0 N–H and O–H groups in total. The molecule has 0 saturated heterocycles. The van der Waals surface area contributed by atoms with Crippen LogP contribution in [0.4, 0.5) is 23.2 Å². The lowest BCUT2D eigenvalue weighted by Crippen LogP contribution is -2.26. The number of anilines is 1. The molecule has 0 aliphatic rings. The average Bonchev–Trinajstić information content (AvgIpc) is 3.45. The first-order valence-electron chi connectivity index (χ1n) is 13.7. The molecule has 0 atom stereocenters. The van der Waals surface area contributed by atoms with Gasteiger partial charge in [-0.25, -0.2) is 4.39 Å². The third kappa shape index (κ3) is 5.66. The van der Waals surface area contributed by atoms with Crippen LogP contribution >= 0.6 is 0 Å². The lowest BCUT2D eigenvalue weighted by molar-refractivity contribution is -0.137. The van der Waals surface area contributed by atoms with E-state index in [1.807, 2.05) is 58.0 Å². The predicted octanol–water partition coefficient (Wildman–Crippen LogP) is 7.58. The number of hydrogen-bond acceptors (Lipinski definition) is 5. The van der Waals surface area contributed by atoms with Crippen molar-refractivity contribution in [1.82, 2.24) is 14.7 Å². The van der Waals surface area contributed by atoms with Crippen LogP contribution in [0.25, 0.3) is 22.3 Å². The summed E-state index contributed by atoms with van der Waals surface area (Å²) < 4.78 is 62.2. The molecule has 0 bridgehead atoms. The van der Waals surface area contributed by atoms with E-state index in [2.05, 4.69) is 10.1 Å². The zero-order chi connectivity index (χ0) is 31.3. The van der Waals surface area contributed by atoms with Gasteiger partial charge in [0.2, 0.25) is 17.1 Å². The van der Waals surface area contributed by atoms with Gasteiger partial charge in [0, 0.05) is 37.6 Å². The second-order valence-corrected chi connectivity index (χ2v) is 12.1. The number of pyridine rings is 1. The molecule has 0 aliphatic heterocycles. The maximum Gasteiger partial charge on any atom is 0.416 e. The lowest BCUT2D eigenvalue weighted by Gasteiger charge is -2.28. The van der Waals surface area contributed by atoms with Gasteiger partial charge in [-0.05, 0) is 49.2 Å². The van der Waals surface area contributed by atoms with Crippen molar-refractivity contribution in [2.24, 2.45) is 0 Å². The predicted molar refractivity (Wildman–Crippen MR) is 159 cm³/mol. The molecule has 10 heteroatoms. The summed E-state index contributed by atoms with van der Waals surface area (Å²) in [7, 11) is 3.39. The van der Waals surface area contributed by atoms with Crippen molar-refractivity contribution in [2.45, 2.75) is 51.2 Å². The van der Waals surface area contributed by atoms with Gasteiger partial charge >= 0.3 is 6.18 Å². The van der Waals surface area contributed by atoms with E-state index in [1.54, 1.807) is 35.8 Å². The minimum Gasteiger partial charge on any atom is -0.375 e. The molecule has 0 aliphatic carbocycles. The molecule has 3 aromatic carbocycles. The van der Waals surface area contributed by atoms with E-state index >= 15 is 4.39 Å². The third-order valence-electron chi connectivity index (χ3n) is 7.89. The minimum atomic E-state index is -4.45. The summed E-state index contributed by atoms with van der Waals surface area (Å²) in [5.74, 6) is -0.206. The smallest absolute Gasteiger partial charge is 0.375 e. The maximum atomic E-state index is 15.2. The second kappa shape index (κ2) is 10.7. The van der Waals surface area contributed by atoms with Crippen LogP contribution in [0.15, 0.2) is 82.2 Å². The summed E-state index contributed by atoms with van der Waals surface area (Å²) in [5, 5.41) is 4.26. The standard InChI is InChI=1S/C33H32F4N4O2/c1-31(2,20-12-14-22(15-13-20)33(35,36)37)19-41-18-24(28(42)23-16-25(34)27(40(5)6)17-26(23)41)29-38-30(43-39-29)32(3,4)21-10-8-7-9-11-21/h7-18H,19H2,1-6H3. The molecule has 2 heterocycles. The highest BCUT2D eigenvalue weighted by atomic mass is 19.4. The van der Waals surface area contributed by atoms with Crippen molar-refractivity contribution < 1.29 is 22.1 Å². The normalized spacial score (nSPS) is 12.6. The second-order valence-electron chi connectivity index (χ2n) is 12.1. The van der Waals surface area contributed by atoms with E-state index in [0.717, 1.165) is 17.7 Å². The first-order chi connectivity index (χ1) is 20.1. The van der Waals surface area contributed by atoms with E-state index in [0.29, 0.717) is 17.0 Å². The van der Waals surface area contributed by atoms with Crippen molar-refractivity contribution >= 4 is 16.6 Å². The number of benzene rings is 3. The van der Waals surface area contributed by atoms with Gasteiger partial charge in [-0.3, -0.25) is 4.79 Å². The summed E-state index contributed by atoms with van der Waals surface area (Å²) in [6.07, 6.45) is -2.84. The number of aromatic nitrogens is 3. The molecule has 2 aromatic heterocycles. The zero-order valence-corrected chi connectivity index (χ0v) is 24.8. The van der Waals surface area contributed by atoms with Crippen molar-refractivity contribution in [2.75, 3.05) is 19.0 Å². The van der Waals surface area contributed by atoms with Gasteiger partial charge in [0.05, 0.1) is 27.7 Å². The largest absolute Gasteiger partial charge is 0.416 e. The lowest BCUT2D eigenvalue weighted by atomic mass is 9.84. The molecule has 6 nitrogen and oxygen atoms in total. The van der Waals surface area contributed by atoms with Crippen LogP contribution in [0.2, 0.25) is 0 Å². The van der Waals surface area contributed by atoms with E-state index < -0.39 is 33.8 Å². The maximum absolute atomic E-state index is 15.2. The fraction of sp³-hybridized carbons (Fsp3) is 0.303. The molecule has 43 heavy (non-hydrogen) atoms. The monoisotopic (exact) mass is 592 g/mol. The number of fused-ring (bicyclic) bond motifs is 1.